The average molecular weight is 327 g/mol. The van der Waals surface area contributed by atoms with Crippen molar-refractivity contribution in [3.8, 4) is 5.75 Å². The first-order chi connectivity index (χ1) is 11.6. The van der Waals surface area contributed by atoms with Gasteiger partial charge in [-0.25, -0.2) is 0 Å². The van der Waals surface area contributed by atoms with Crippen LogP contribution in [0.3, 0.4) is 0 Å². The van der Waals surface area contributed by atoms with Gasteiger partial charge in [0.15, 0.2) is 0 Å². The number of hydrogen-bond acceptors (Lipinski definition) is 3. The predicted octanol–water partition coefficient (Wildman–Crippen LogP) is 1.65. The van der Waals surface area contributed by atoms with Gasteiger partial charge in [-0.3, -0.25) is 9.59 Å². The number of aromatic hydroxyl groups is 1. The van der Waals surface area contributed by atoms with Gasteiger partial charge in [0.05, 0.1) is 12.1 Å². The molecule has 1 saturated heterocycles. The second-order valence-electron chi connectivity index (χ2n) is 6.00. The highest BCUT2D eigenvalue weighted by Gasteiger charge is 2.35. The Morgan fingerprint density at radius 2 is 2.04 bits per heavy atom. The Hall–Kier alpha value is -2.76. The number of aromatic nitrogens is 1. The van der Waals surface area contributed by atoms with Crippen LogP contribution in [0.1, 0.15) is 28.9 Å². The van der Waals surface area contributed by atoms with E-state index in [9.17, 15) is 14.7 Å². The van der Waals surface area contributed by atoms with Gasteiger partial charge in [-0.05, 0) is 37.1 Å². The highest BCUT2D eigenvalue weighted by Crippen LogP contribution is 2.24. The number of aryl methyl sites for hydroxylation is 1. The quantitative estimate of drug-likeness (QED) is 0.897. The second kappa shape index (κ2) is 6.78. The van der Waals surface area contributed by atoms with Crippen LogP contribution in [0.2, 0.25) is 0 Å². The van der Waals surface area contributed by atoms with E-state index >= 15 is 0 Å². The largest absolute Gasteiger partial charge is 0.507 e. The number of para-hydroxylation sites is 1. The molecule has 1 unspecified atom stereocenters. The summed E-state index contributed by atoms with van der Waals surface area (Å²) >= 11 is 0. The van der Waals surface area contributed by atoms with E-state index in [1.807, 2.05) is 29.9 Å². The Kier molecular flexibility index (Phi) is 4.55. The molecule has 2 amide bonds. The number of likely N-dealkylation sites (tertiary alicyclic amines) is 1. The van der Waals surface area contributed by atoms with Crippen LogP contribution in [0.15, 0.2) is 42.6 Å². The molecule has 0 bridgehead atoms. The molecule has 0 spiro atoms. The van der Waals surface area contributed by atoms with E-state index in [2.05, 4.69) is 5.32 Å². The molecule has 2 aromatic rings. The van der Waals surface area contributed by atoms with Crippen LogP contribution in [-0.2, 0) is 18.4 Å². The molecule has 1 atom stereocenters. The number of rotatable bonds is 4. The van der Waals surface area contributed by atoms with Crippen molar-refractivity contribution in [3.05, 3.63) is 53.9 Å². The first-order valence-electron chi connectivity index (χ1n) is 8.05. The van der Waals surface area contributed by atoms with Gasteiger partial charge >= 0.3 is 0 Å². The molecule has 3 rings (SSSR count). The fourth-order valence-electron chi connectivity index (χ4n) is 3.07. The highest BCUT2D eigenvalue weighted by molar-refractivity contribution is 5.99. The Bertz CT molecular complexity index is 753. The number of phenolic OH excluding ortho intramolecular Hbond substituents is 1. The van der Waals surface area contributed by atoms with Gasteiger partial charge in [-0.15, -0.1) is 0 Å². The van der Waals surface area contributed by atoms with Crippen LogP contribution in [0, 0.1) is 0 Å². The molecule has 1 aromatic heterocycles. The lowest BCUT2D eigenvalue weighted by Gasteiger charge is -2.24. The van der Waals surface area contributed by atoms with E-state index in [4.69, 9.17) is 0 Å². The van der Waals surface area contributed by atoms with Crippen LogP contribution >= 0.6 is 0 Å². The summed E-state index contributed by atoms with van der Waals surface area (Å²) in [6, 6.07) is 9.80. The molecule has 2 N–H and O–H groups in total. The Morgan fingerprint density at radius 1 is 1.25 bits per heavy atom. The van der Waals surface area contributed by atoms with Crippen LogP contribution in [0.5, 0.6) is 5.75 Å². The van der Waals surface area contributed by atoms with Crippen molar-refractivity contribution in [2.75, 3.05) is 6.54 Å². The second-order valence-corrected chi connectivity index (χ2v) is 6.00. The zero-order chi connectivity index (χ0) is 17.1. The topological polar surface area (TPSA) is 74.6 Å². The minimum atomic E-state index is -0.489. The average Bonchev–Trinajstić information content (AvgIpc) is 3.21. The number of hydrogen-bond donors (Lipinski definition) is 2. The summed E-state index contributed by atoms with van der Waals surface area (Å²) in [5.74, 6) is -0.514. The van der Waals surface area contributed by atoms with E-state index in [1.54, 1.807) is 23.1 Å². The SMILES string of the molecule is Cn1cccc1CNC(=O)C1CCCN1C(=O)c1ccccc1O. The molecule has 126 valence electrons. The van der Waals surface area contributed by atoms with E-state index < -0.39 is 6.04 Å². The van der Waals surface area contributed by atoms with Gasteiger partial charge in [0.25, 0.3) is 5.91 Å². The lowest BCUT2D eigenvalue weighted by Crippen LogP contribution is -2.45. The minimum Gasteiger partial charge on any atom is -0.507 e. The Morgan fingerprint density at radius 3 is 2.75 bits per heavy atom. The van der Waals surface area contributed by atoms with Crippen molar-refractivity contribution in [1.29, 1.82) is 0 Å². The summed E-state index contributed by atoms with van der Waals surface area (Å²) < 4.78 is 1.94. The molecular weight excluding hydrogens is 306 g/mol. The van der Waals surface area contributed by atoms with Crippen LogP contribution < -0.4 is 5.32 Å². The summed E-state index contributed by atoms with van der Waals surface area (Å²) in [5, 5.41) is 12.8. The fraction of sp³-hybridized carbons (Fsp3) is 0.333. The maximum absolute atomic E-state index is 12.7. The standard InChI is InChI=1S/C18H21N3O3/c1-20-10-4-6-13(20)12-19-17(23)15-8-5-11-21(15)18(24)14-7-2-3-9-16(14)22/h2-4,6-7,9-10,15,22H,5,8,11-12H2,1H3,(H,19,23). The van der Waals surface area contributed by atoms with Crippen molar-refractivity contribution >= 4 is 11.8 Å². The fourth-order valence-corrected chi connectivity index (χ4v) is 3.07. The van der Waals surface area contributed by atoms with Crippen LogP contribution in [0.4, 0.5) is 0 Å². The summed E-state index contributed by atoms with van der Waals surface area (Å²) in [7, 11) is 1.92. The van der Waals surface area contributed by atoms with E-state index in [-0.39, 0.29) is 23.1 Å². The first kappa shape index (κ1) is 16.1. The molecule has 1 aliphatic rings. The van der Waals surface area contributed by atoms with Gasteiger partial charge in [0.1, 0.15) is 11.8 Å². The molecule has 0 saturated carbocycles. The molecule has 1 aliphatic heterocycles. The Labute approximate surface area is 140 Å². The maximum atomic E-state index is 12.7. The van der Waals surface area contributed by atoms with Crippen molar-refractivity contribution < 1.29 is 14.7 Å². The predicted molar refractivity (Wildman–Crippen MR) is 89.4 cm³/mol. The molecule has 0 radical (unpaired) electrons. The molecule has 6 heteroatoms. The van der Waals surface area contributed by atoms with Crippen LogP contribution in [-0.4, -0.2) is 39.0 Å². The van der Waals surface area contributed by atoms with E-state index in [0.29, 0.717) is 19.5 Å². The van der Waals surface area contributed by atoms with Crippen molar-refractivity contribution in [2.45, 2.75) is 25.4 Å². The molecule has 6 nitrogen and oxygen atoms in total. The van der Waals surface area contributed by atoms with Crippen molar-refractivity contribution in [3.63, 3.8) is 0 Å². The van der Waals surface area contributed by atoms with Crippen molar-refractivity contribution in [2.24, 2.45) is 7.05 Å². The highest BCUT2D eigenvalue weighted by atomic mass is 16.3. The number of carbonyl (C=O) groups excluding carboxylic acids is 2. The third kappa shape index (κ3) is 3.13. The molecule has 2 heterocycles. The molecular formula is C18H21N3O3. The van der Waals surface area contributed by atoms with Gasteiger partial charge in [-0.2, -0.15) is 0 Å². The summed E-state index contributed by atoms with van der Waals surface area (Å²) in [5.41, 5.74) is 1.24. The molecule has 1 fully saturated rings. The number of amides is 2. The zero-order valence-electron chi connectivity index (χ0n) is 13.6. The number of phenols is 1. The minimum absolute atomic E-state index is 0.0580. The molecule has 0 aliphatic carbocycles. The van der Waals surface area contributed by atoms with Crippen LogP contribution in [0.25, 0.3) is 0 Å². The number of carbonyl (C=O) groups is 2. The summed E-state index contributed by atoms with van der Waals surface area (Å²) in [6.45, 7) is 0.951. The summed E-state index contributed by atoms with van der Waals surface area (Å²) in [4.78, 5) is 26.7. The Balaban J connectivity index is 1.68. The number of nitrogens with zero attached hydrogens (tertiary/aromatic N) is 2. The van der Waals surface area contributed by atoms with E-state index in [1.165, 1.54) is 6.07 Å². The number of benzene rings is 1. The van der Waals surface area contributed by atoms with Crippen molar-refractivity contribution in [1.82, 2.24) is 14.8 Å². The molecule has 1 aromatic carbocycles. The van der Waals surface area contributed by atoms with Gasteiger partial charge in [0, 0.05) is 25.5 Å². The lowest BCUT2D eigenvalue weighted by atomic mass is 10.1. The number of nitrogens with one attached hydrogen (secondary N) is 1. The lowest BCUT2D eigenvalue weighted by molar-refractivity contribution is -0.125. The third-order valence-corrected chi connectivity index (χ3v) is 4.45. The van der Waals surface area contributed by atoms with Gasteiger partial charge in [0.2, 0.25) is 5.91 Å². The summed E-state index contributed by atoms with van der Waals surface area (Å²) in [6.07, 6.45) is 3.34. The third-order valence-electron chi connectivity index (χ3n) is 4.45. The van der Waals surface area contributed by atoms with E-state index in [0.717, 1.165) is 12.1 Å². The first-order valence-corrected chi connectivity index (χ1v) is 8.05. The smallest absolute Gasteiger partial charge is 0.258 e. The van der Waals surface area contributed by atoms with Gasteiger partial charge in [-0.1, -0.05) is 12.1 Å². The maximum Gasteiger partial charge on any atom is 0.258 e. The monoisotopic (exact) mass is 327 g/mol. The molecule has 24 heavy (non-hydrogen) atoms. The van der Waals surface area contributed by atoms with Gasteiger partial charge < -0.3 is 19.9 Å². The zero-order valence-corrected chi connectivity index (χ0v) is 13.6. The normalized spacial score (nSPS) is 17.0.